The van der Waals surface area contributed by atoms with Gasteiger partial charge in [0, 0.05) is 5.41 Å². The highest BCUT2D eigenvalue weighted by molar-refractivity contribution is 7.17. The summed E-state index contributed by atoms with van der Waals surface area (Å²) in [6.45, 7) is 9.01. The average Bonchev–Trinajstić information content (AvgIpc) is 2.70. The second-order valence-electron chi connectivity index (χ2n) is 6.11. The van der Waals surface area contributed by atoms with E-state index in [4.69, 9.17) is 10.5 Å². The van der Waals surface area contributed by atoms with Crippen LogP contribution in [0.5, 0.6) is 0 Å². The molecule has 0 radical (unpaired) electrons. The van der Waals surface area contributed by atoms with Crippen molar-refractivity contribution < 1.29 is 14.3 Å². The number of hydrogen-bond acceptors (Lipinski definition) is 6. The number of carbonyl (C=O) groups excluding carboxylic acids is 2. The van der Waals surface area contributed by atoms with Gasteiger partial charge < -0.3 is 15.8 Å². The number of nitrogens with two attached hydrogens (primary N) is 1. The molecule has 0 saturated carbocycles. The number of amides is 1. The molecule has 0 spiro atoms. The molecule has 7 heteroatoms. The Morgan fingerprint density at radius 1 is 1.25 bits per heavy atom. The first-order valence-electron chi connectivity index (χ1n) is 6.16. The summed E-state index contributed by atoms with van der Waals surface area (Å²) in [5.41, 5.74) is 4.97. The monoisotopic (exact) mass is 299 g/mol. The highest BCUT2D eigenvalue weighted by Crippen LogP contribution is 2.32. The van der Waals surface area contributed by atoms with Crippen molar-refractivity contribution in [3.8, 4) is 0 Å². The van der Waals surface area contributed by atoms with Gasteiger partial charge in [-0.2, -0.15) is 0 Å². The van der Waals surface area contributed by atoms with Gasteiger partial charge in [0.1, 0.15) is 4.88 Å². The van der Waals surface area contributed by atoms with Crippen LogP contribution < -0.4 is 11.1 Å². The van der Waals surface area contributed by atoms with Crippen LogP contribution in [0.3, 0.4) is 0 Å². The van der Waals surface area contributed by atoms with Crippen molar-refractivity contribution in [3.63, 3.8) is 0 Å². The molecule has 1 aromatic heterocycles. The lowest BCUT2D eigenvalue weighted by Gasteiger charge is -2.17. The molecule has 0 aliphatic heterocycles. The minimum absolute atomic E-state index is 0.332. The third-order valence-electron chi connectivity index (χ3n) is 2.51. The van der Waals surface area contributed by atoms with Gasteiger partial charge in [-0.15, -0.1) is 0 Å². The summed E-state index contributed by atoms with van der Waals surface area (Å²) in [5.74, 6) is -0.817. The zero-order chi connectivity index (χ0) is 15.7. The molecule has 0 aliphatic rings. The largest absolute Gasteiger partial charge is 0.465 e. The van der Waals surface area contributed by atoms with E-state index < -0.39 is 11.5 Å². The molecule has 20 heavy (non-hydrogen) atoms. The van der Waals surface area contributed by atoms with E-state index in [1.165, 1.54) is 7.11 Å². The zero-order valence-corrected chi connectivity index (χ0v) is 13.5. The molecule has 1 rings (SSSR count). The predicted molar refractivity (Wildman–Crippen MR) is 79.0 cm³/mol. The van der Waals surface area contributed by atoms with E-state index in [1.54, 1.807) is 13.8 Å². The van der Waals surface area contributed by atoms with E-state index >= 15 is 0 Å². The van der Waals surface area contributed by atoms with Gasteiger partial charge in [-0.05, 0) is 13.8 Å². The fourth-order valence-corrected chi connectivity index (χ4v) is 2.46. The normalized spacial score (nSPS) is 12.2. The number of rotatable bonds is 3. The van der Waals surface area contributed by atoms with E-state index in [-0.39, 0.29) is 11.3 Å². The number of anilines is 1. The van der Waals surface area contributed by atoms with Crippen molar-refractivity contribution >= 4 is 28.3 Å². The van der Waals surface area contributed by atoms with Crippen LogP contribution in [-0.4, -0.2) is 29.5 Å². The molecule has 6 nitrogen and oxygen atoms in total. The summed E-state index contributed by atoms with van der Waals surface area (Å²) >= 11 is 1.09. The first kappa shape index (κ1) is 16.6. The van der Waals surface area contributed by atoms with Gasteiger partial charge in [0.05, 0.1) is 18.3 Å². The molecule has 0 bridgehead atoms. The molecule has 0 aliphatic carbocycles. The number of nitrogens with zero attached hydrogens (tertiary/aromatic N) is 1. The second kappa shape index (κ2) is 5.49. The van der Waals surface area contributed by atoms with Gasteiger partial charge in [-0.1, -0.05) is 32.1 Å². The maximum absolute atomic E-state index is 11.9. The van der Waals surface area contributed by atoms with Crippen LogP contribution in [0.25, 0.3) is 0 Å². The first-order chi connectivity index (χ1) is 8.96. The summed E-state index contributed by atoms with van der Waals surface area (Å²) in [6.07, 6.45) is 0. The molecule has 1 heterocycles. The predicted octanol–water partition coefficient (Wildman–Crippen LogP) is 1.90. The Kier molecular flexibility index (Phi) is 4.55. The third-order valence-corrected chi connectivity index (χ3v) is 3.46. The number of esters is 1. The maximum Gasteiger partial charge on any atom is 0.350 e. The van der Waals surface area contributed by atoms with Gasteiger partial charge in [0.15, 0.2) is 5.13 Å². The minimum Gasteiger partial charge on any atom is -0.465 e. The minimum atomic E-state index is -1.01. The maximum atomic E-state index is 11.9. The lowest BCUT2D eigenvalue weighted by molar-refractivity contribution is -0.120. The summed E-state index contributed by atoms with van der Waals surface area (Å²) < 4.78 is 4.75. The van der Waals surface area contributed by atoms with Gasteiger partial charge in [0.2, 0.25) is 5.91 Å². The van der Waals surface area contributed by atoms with Gasteiger partial charge >= 0.3 is 5.97 Å². The van der Waals surface area contributed by atoms with Crippen LogP contribution in [0, 0.1) is 0 Å². The number of aromatic nitrogens is 1. The number of nitrogens with one attached hydrogen (secondary N) is 1. The van der Waals surface area contributed by atoms with Gasteiger partial charge in [-0.3, -0.25) is 4.79 Å². The van der Waals surface area contributed by atoms with Crippen LogP contribution in [0.2, 0.25) is 0 Å². The molecular formula is C13H21N3O3S. The summed E-state index contributed by atoms with van der Waals surface area (Å²) in [5, 5.41) is 2.98. The topological polar surface area (TPSA) is 94.3 Å². The lowest BCUT2D eigenvalue weighted by atomic mass is 9.91. The quantitative estimate of drug-likeness (QED) is 0.831. The molecule has 0 unspecified atom stereocenters. The van der Waals surface area contributed by atoms with Crippen molar-refractivity contribution in [1.29, 1.82) is 0 Å². The van der Waals surface area contributed by atoms with Gasteiger partial charge in [-0.25, -0.2) is 9.78 Å². The molecular weight excluding hydrogens is 278 g/mol. The molecule has 3 N–H and O–H groups in total. The Hall–Kier alpha value is -1.47. The van der Waals surface area contributed by atoms with E-state index in [1.807, 2.05) is 20.8 Å². The highest BCUT2D eigenvalue weighted by atomic mass is 32.1. The van der Waals surface area contributed by atoms with Crippen LogP contribution in [0.1, 0.15) is 50.0 Å². The van der Waals surface area contributed by atoms with Crippen molar-refractivity contribution in [3.05, 3.63) is 10.6 Å². The van der Waals surface area contributed by atoms with Crippen molar-refractivity contribution in [2.75, 3.05) is 12.4 Å². The average molecular weight is 299 g/mol. The van der Waals surface area contributed by atoms with Crippen molar-refractivity contribution in [1.82, 2.24) is 4.98 Å². The molecule has 0 aromatic carbocycles. The van der Waals surface area contributed by atoms with Crippen LogP contribution in [0.4, 0.5) is 5.13 Å². The molecule has 1 amide bonds. The summed E-state index contributed by atoms with van der Waals surface area (Å²) in [6, 6.07) is 0. The fourth-order valence-electron chi connectivity index (χ4n) is 1.37. The van der Waals surface area contributed by atoms with Crippen molar-refractivity contribution in [2.24, 2.45) is 5.73 Å². The van der Waals surface area contributed by atoms with Crippen LogP contribution >= 0.6 is 11.3 Å². The van der Waals surface area contributed by atoms with E-state index in [0.29, 0.717) is 15.7 Å². The van der Waals surface area contributed by atoms with Gasteiger partial charge in [0.25, 0.3) is 0 Å². The Morgan fingerprint density at radius 2 is 1.80 bits per heavy atom. The van der Waals surface area contributed by atoms with Crippen LogP contribution in [-0.2, 0) is 14.9 Å². The molecule has 0 saturated heterocycles. The molecule has 0 fully saturated rings. The molecule has 0 atom stereocenters. The number of ether oxygens (including phenoxy) is 1. The number of carbonyl (C=O) groups is 2. The summed E-state index contributed by atoms with van der Waals surface area (Å²) in [4.78, 5) is 28.4. The van der Waals surface area contributed by atoms with E-state index in [2.05, 4.69) is 10.3 Å². The SMILES string of the molecule is COC(=O)c1sc(NC(=O)C(C)(C)N)nc1C(C)(C)C. The lowest BCUT2D eigenvalue weighted by Crippen LogP contribution is -2.45. The van der Waals surface area contributed by atoms with E-state index in [9.17, 15) is 9.59 Å². The zero-order valence-electron chi connectivity index (χ0n) is 12.7. The Morgan fingerprint density at radius 3 is 2.20 bits per heavy atom. The number of methoxy groups -OCH3 is 1. The standard InChI is InChI=1S/C13H21N3O3S/c1-12(2,3)8-7(9(17)19-6)20-11(15-8)16-10(18)13(4,5)14/h14H2,1-6H3,(H,15,16,18). The van der Waals surface area contributed by atoms with E-state index in [0.717, 1.165) is 11.3 Å². The Labute approximate surface area is 122 Å². The fraction of sp³-hybridized carbons (Fsp3) is 0.615. The molecule has 1 aromatic rings. The highest BCUT2D eigenvalue weighted by Gasteiger charge is 2.29. The smallest absolute Gasteiger partial charge is 0.350 e. The van der Waals surface area contributed by atoms with Crippen LogP contribution in [0.15, 0.2) is 0 Å². The third kappa shape index (κ3) is 3.77. The Bertz CT molecular complexity index is 524. The number of thiazole rings is 1. The molecule has 112 valence electrons. The second-order valence-corrected chi connectivity index (χ2v) is 7.11. The Balaban J connectivity index is 3.16. The summed E-state index contributed by atoms with van der Waals surface area (Å²) in [7, 11) is 1.32. The number of hydrogen-bond donors (Lipinski definition) is 2. The first-order valence-corrected chi connectivity index (χ1v) is 6.98. The van der Waals surface area contributed by atoms with Crippen molar-refractivity contribution in [2.45, 2.75) is 45.6 Å².